The Kier molecular flexibility index (Phi) is 25.6. The van der Waals surface area contributed by atoms with Gasteiger partial charge in [0, 0.05) is 19.3 Å². The highest BCUT2D eigenvalue weighted by Crippen LogP contribution is 2.15. The molecule has 0 saturated carbocycles. The summed E-state index contributed by atoms with van der Waals surface area (Å²) in [6.07, 6.45) is 8.95. The second-order valence-electron chi connectivity index (χ2n) is 12.1. The smallest absolute Gasteiger partial charge is 0.305 e. The molecule has 2 unspecified atom stereocenters. The molecule has 0 fully saturated rings. The molecule has 276 valence electrons. The zero-order valence-corrected chi connectivity index (χ0v) is 30.4. The maximum absolute atomic E-state index is 11.0. The van der Waals surface area contributed by atoms with E-state index in [0.717, 1.165) is 75.2 Å². The average molecular weight is 695 g/mol. The van der Waals surface area contributed by atoms with Gasteiger partial charge in [0.25, 0.3) is 0 Å². The van der Waals surface area contributed by atoms with E-state index in [1.54, 1.807) is 0 Å². The largest absolute Gasteiger partial charge is 0.494 e. The summed E-state index contributed by atoms with van der Waals surface area (Å²) in [6, 6.07) is 29.2. The van der Waals surface area contributed by atoms with Crippen molar-refractivity contribution in [3.05, 3.63) is 91.0 Å². The lowest BCUT2D eigenvalue weighted by Crippen LogP contribution is -2.10. The van der Waals surface area contributed by atoms with Crippen molar-refractivity contribution in [1.82, 2.24) is 0 Å². The molecule has 0 aliphatic heterocycles. The highest BCUT2D eigenvalue weighted by Gasteiger charge is 2.10. The van der Waals surface area contributed by atoms with Gasteiger partial charge in [0.1, 0.15) is 17.2 Å². The number of rotatable bonds is 22. The van der Waals surface area contributed by atoms with Gasteiger partial charge in [-0.1, -0.05) is 87.7 Å². The number of carboxylic acids is 1. The van der Waals surface area contributed by atoms with Gasteiger partial charge in [-0.05, 0) is 80.3 Å². The number of para-hydroxylation sites is 3. The topological polar surface area (TPSA) is 118 Å². The van der Waals surface area contributed by atoms with Crippen molar-refractivity contribution in [2.75, 3.05) is 34.0 Å². The van der Waals surface area contributed by atoms with Crippen LogP contribution in [0.1, 0.15) is 84.5 Å². The number of carboxylic acid groups (broad SMARTS) is 1. The molecule has 9 heteroatoms. The van der Waals surface area contributed by atoms with Crippen molar-refractivity contribution < 1.29 is 43.2 Å². The second kappa shape index (κ2) is 29.4. The monoisotopic (exact) mass is 694 g/mol. The van der Waals surface area contributed by atoms with Gasteiger partial charge in [-0.25, -0.2) is 0 Å². The van der Waals surface area contributed by atoms with E-state index in [0.29, 0.717) is 32.0 Å². The molecule has 50 heavy (non-hydrogen) atoms. The summed E-state index contributed by atoms with van der Waals surface area (Å²) in [4.78, 5) is 32.3. The lowest BCUT2D eigenvalue weighted by atomic mass is 10.0. The number of esters is 2. The highest BCUT2D eigenvalue weighted by atomic mass is 16.5. The first-order chi connectivity index (χ1) is 24.2. The fourth-order valence-corrected chi connectivity index (χ4v) is 4.57. The Hall–Kier alpha value is -4.53. The molecule has 0 amide bonds. The third-order valence-corrected chi connectivity index (χ3v) is 7.51. The number of carbonyl (C=O) groups excluding carboxylic acids is 2. The van der Waals surface area contributed by atoms with Gasteiger partial charge in [0.15, 0.2) is 0 Å². The fourth-order valence-electron chi connectivity index (χ4n) is 4.57. The van der Waals surface area contributed by atoms with Crippen molar-refractivity contribution >= 4 is 17.9 Å². The Morgan fingerprint density at radius 2 is 0.900 bits per heavy atom. The molecule has 0 bridgehead atoms. The minimum absolute atomic E-state index is 0.122. The Morgan fingerprint density at radius 1 is 0.520 bits per heavy atom. The molecular formula is C41H58O9. The average Bonchev–Trinajstić information content (AvgIpc) is 3.12. The summed E-state index contributed by atoms with van der Waals surface area (Å²) in [5.41, 5.74) is 0. The highest BCUT2D eigenvalue weighted by molar-refractivity contribution is 5.69. The van der Waals surface area contributed by atoms with E-state index >= 15 is 0 Å². The van der Waals surface area contributed by atoms with Gasteiger partial charge in [-0.3, -0.25) is 14.4 Å². The quantitative estimate of drug-likeness (QED) is 0.0811. The van der Waals surface area contributed by atoms with Crippen LogP contribution in [0.15, 0.2) is 91.0 Å². The summed E-state index contributed by atoms with van der Waals surface area (Å²) in [7, 11) is 2.85. The summed E-state index contributed by atoms with van der Waals surface area (Å²) in [5.74, 6) is 2.36. The molecule has 0 radical (unpaired) electrons. The zero-order valence-electron chi connectivity index (χ0n) is 30.4. The summed E-state index contributed by atoms with van der Waals surface area (Å²) in [5, 5.41) is 8.44. The number of unbranched alkanes of at least 4 members (excludes halogenated alkanes) is 4. The molecule has 1 N–H and O–H groups in total. The Labute approximate surface area is 299 Å². The molecule has 3 rings (SSSR count). The van der Waals surface area contributed by atoms with Gasteiger partial charge >= 0.3 is 17.9 Å². The minimum atomic E-state index is -0.708. The van der Waals surface area contributed by atoms with Crippen LogP contribution >= 0.6 is 0 Å². The summed E-state index contributed by atoms with van der Waals surface area (Å²) >= 11 is 0. The first-order valence-electron chi connectivity index (χ1n) is 17.6. The Balaban J connectivity index is 0.000000376. The molecule has 0 spiro atoms. The van der Waals surface area contributed by atoms with E-state index in [4.69, 9.17) is 19.3 Å². The number of hydrogen-bond acceptors (Lipinski definition) is 8. The van der Waals surface area contributed by atoms with Crippen molar-refractivity contribution in [2.45, 2.75) is 84.5 Å². The second-order valence-corrected chi connectivity index (χ2v) is 12.1. The van der Waals surface area contributed by atoms with E-state index in [9.17, 15) is 14.4 Å². The Morgan fingerprint density at radius 3 is 1.32 bits per heavy atom. The predicted molar refractivity (Wildman–Crippen MR) is 197 cm³/mol. The van der Waals surface area contributed by atoms with E-state index in [1.165, 1.54) is 14.2 Å². The third-order valence-electron chi connectivity index (χ3n) is 7.51. The zero-order chi connectivity index (χ0) is 36.7. The van der Waals surface area contributed by atoms with Crippen LogP contribution in [-0.2, 0) is 23.9 Å². The minimum Gasteiger partial charge on any atom is -0.494 e. The van der Waals surface area contributed by atoms with E-state index in [1.807, 2.05) is 97.9 Å². The maximum Gasteiger partial charge on any atom is 0.305 e. The number of hydrogen-bond donors (Lipinski definition) is 1. The number of aliphatic carboxylic acids is 1. The van der Waals surface area contributed by atoms with Crippen LogP contribution in [0, 0.1) is 11.8 Å². The van der Waals surface area contributed by atoms with Crippen LogP contribution in [0.3, 0.4) is 0 Å². The number of methoxy groups -OCH3 is 2. The van der Waals surface area contributed by atoms with Crippen LogP contribution in [0.4, 0.5) is 0 Å². The molecule has 3 aromatic rings. The van der Waals surface area contributed by atoms with Crippen LogP contribution < -0.4 is 14.2 Å². The van der Waals surface area contributed by atoms with Crippen LogP contribution in [0.2, 0.25) is 0 Å². The molecule has 3 aromatic carbocycles. The predicted octanol–water partition coefficient (Wildman–Crippen LogP) is 9.19. The van der Waals surface area contributed by atoms with Gasteiger partial charge in [-0.2, -0.15) is 0 Å². The number of benzene rings is 3. The molecule has 0 aromatic heterocycles. The molecule has 0 aliphatic carbocycles. The van der Waals surface area contributed by atoms with Gasteiger partial charge in [-0.15, -0.1) is 0 Å². The maximum atomic E-state index is 11.0. The van der Waals surface area contributed by atoms with Crippen LogP contribution in [-0.4, -0.2) is 57.1 Å². The third kappa shape index (κ3) is 25.5. The standard InChI is InChI=1S/C15H22O3.2C13H18O3/c1-13(12-15(16)17-2)8-6-7-11-18-14-9-4-3-5-10-14;1-11(10-13(14)15-2)8-9-16-12-6-4-3-5-7-12;14-13(15)10-6-1-2-7-11-16-12-8-4-3-5-9-12/h3-5,9-10,13H,6-8,11-12H2,1-2H3;3-7,11H,8-10H2,1-2H3;3-5,8-9H,1-2,6-7,10-11H2,(H,14,15). The Bertz CT molecular complexity index is 1250. The van der Waals surface area contributed by atoms with Gasteiger partial charge in [0.05, 0.1) is 34.0 Å². The fraction of sp³-hybridized carbons (Fsp3) is 0.488. The summed E-state index contributed by atoms with van der Waals surface area (Å²) < 4.78 is 25.9. The lowest BCUT2D eigenvalue weighted by Gasteiger charge is -2.10. The van der Waals surface area contributed by atoms with Crippen molar-refractivity contribution in [3.63, 3.8) is 0 Å². The van der Waals surface area contributed by atoms with Crippen molar-refractivity contribution in [1.29, 1.82) is 0 Å². The molecule has 0 aliphatic rings. The number of carbonyl (C=O) groups is 3. The van der Waals surface area contributed by atoms with Crippen LogP contribution in [0.5, 0.6) is 17.2 Å². The first kappa shape index (κ1) is 43.5. The van der Waals surface area contributed by atoms with Crippen LogP contribution in [0.25, 0.3) is 0 Å². The lowest BCUT2D eigenvalue weighted by molar-refractivity contribution is -0.142. The molecule has 9 nitrogen and oxygen atoms in total. The molecule has 0 saturated heterocycles. The van der Waals surface area contributed by atoms with E-state index < -0.39 is 5.97 Å². The van der Waals surface area contributed by atoms with Crippen molar-refractivity contribution in [3.8, 4) is 17.2 Å². The normalized spacial score (nSPS) is 11.3. The van der Waals surface area contributed by atoms with E-state index in [-0.39, 0.29) is 24.3 Å². The molecule has 0 heterocycles. The van der Waals surface area contributed by atoms with E-state index in [2.05, 4.69) is 16.4 Å². The van der Waals surface area contributed by atoms with Crippen molar-refractivity contribution in [2.24, 2.45) is 11.8 Å². The number of ether oxygens (including phenoxy) is 5. The molecule has 2 atom stereocenters. The summed E-state index contributed by atoms with van der Waals surface area (Å²) in [6.45, 7) is 6.16. The molecular weight excluding hydrogens is 636 g/mol. The first-order valence-corrected chi connectivity index (χ1v) is 17.6. The van der Waals surface area contributed by atoms with Gasteiger partial charge < -0.3 is 28.8 Å². The van der Waals surface area contributed by atoms with Gasteiger partial charge in [0.2, 0.25) is 0 Å². The SMILES string of the molecule is COC(=O)CC(C)CCCCOc1ccccc1.COC(=O)CC(C)CCOc1ccccc1.O=C(O)CCCCCCOc1ccccc1.